The van der Waals surface area contributed by atoms with Crippen LogP contribution in [0.1, 0.15) is 30.9 Å². The van der Waals surface area contributed by atoms with Crippen molar-refractivity contribution in [1.29, 1.82) is 0 Å². The van der Waals surface area contributed by atoms with E-state index < -0.39 is 4.92 Å². The molecule has 6 nitrogen and oxygen atoms in total. The van der Waals surface area contributed by atoms with Gasteiger partial charge < -0.3 is 10.5 Å². The fourth-order valence-electron chi connectivity index (χ4n) is 2.15. The maximum atomic E-state index is 10.8. The molecule has 21 heavy (non-hydrogen) atoms. The zero-order valence-electron chi connectivity index (χ0n) is 12.2. The Morgan fingerprint density at radius 1 is 1.29 bits per heavy atom. The molecule has 110 valence electrons. The topological polar surface area (TPSA) is 91.3 Å². The second-order valence-corrected chi connectivity index (χ2v) is 5.12. The highest BCUT2D eigenvalue weighted by Crippen LogP contribution is 2.28. The summed E-state index contributed by atoms with van der Waals surface area (Å²) in [5, 5.41) is 10.8. The normalized spacial score (nSPS) is 10.7. The number of aromatic nitrogens is 1. The Kier molecular flexibility index (Phi) is 4.07. The van der Waals surface area contributed by atoms with E-state index in [0.29, 0.717) is 11.7 Å². The third-order valence-electron chi connectivity index (χ3n) is 3.10. The smallest absolute Gasteiger partial charge is 0.278 e. The number of nitrogen functional groups attached to an aromatic ring is 1. The summed E-state index contributed by atoms with van der Waals surface area (Å²) < 4.78 is 5.57. The lowest BCUT2D eigenvalue weighted by Crippen LogP contribution is -1.98. The van der Waals surface area contributed by atoms with Gasteiger partial charge in [0.2, 0.25) is 5.88 Å². The van der Waals surface area contributed by atoms with Crippen molar-refractivity contribution < 1.29 is 9.66 Å². The molecule has 0 atom stereocenters. The number of ether oxygens (including phenoxy) is 1. The molecule has 0 fully saturated rings. The molecule has 0 saturated carbocycles. The highest BCUT2D eigenvalue weighted by Gasteiger charge is 2.12. The Morgan fingerprint density at radius 3 is 2.57 bits per heavy atom. The van der Waals surface area contributed by atoms with Crippen molar-refractivity contribution in [2.24, 2.45) is 0 Å². The summed E-state index contributed by atoms with van der Waals surface area (Å²) >= 11 is 0. The van der Waals surface area contributed by atoms with Gasteiger partial charge in [0.1, 0.15) is 11.6 Å². The summed E-state index contributed by atoms with van der Waals surface area (Å²) in [6.07, 6.45) is 0. The number of hydrogen-bond donors (Lipinski definition) is 1. The van der Waals surface area contributed by atoms with Crippen LogP contribution in [0.5, 0.6) is 11.6 Å². The number of anilines is 1. The Bertz CT molecular complexity index is 684. The van der Waals surface area contributed by atoms with Gasteiger partial charge in [-0.25, -0.2) is 0 Å². The van der Waals surface area contributed by atoms with Crippen LogP contribution in [0.2, 0.25) is 0 Å². The highest BCUT2D eigenvalue weighted by molar-refractivity contribution is 5.46. The van der Waals surface area contributed by atoms with E-state index in [2.05, 4.69) is 18.8 Å². The summed E-state index contributed by atoms with van der Waals surface area (Å²) in [5.74, 6) is 1.16. The van der Waals surface area contributed by atoms with Crippen LogP contribution in [0.25, 0.3) is 0 Å². The Hall–Kier alpha value is -2.63. The first-order valence-electron chi connectivity index (χ1n) is 6.57. The number of rotatable bonds is 4. The fraction of sp³-hybridized carbons (Fsp3) is 0.267. The van der Waals surface area contributed by atoms with E-state index in [-0.39, 0.29) is 17.4 Å². The van der Waals surface area contributed by atoms with E-state index in [4.69, 9.17) is 10.5 Å². The predicted octanol–water partition coefficient (Wildman–Crippen LogP) is 3.80. The molecule has 0 saturated heterocycles. The average Bonchev–Trinajstić information content (AvgIpc) is 2.37. The van der Waals surface area contributed by atoms with Crippen LogP contribution < -0.4 is 10.5 Å². The van der Waals surface area contributed by atoms with Crippen LogP contribution in [0.3, 0.4) is 0 Å². The summed E-state index contributed by atoms with van der Waals surface area (Å²) in [5.41, 5.74) is 7.73. The van der Waals surface area contributed by atoms with Gasteiger partial charge in [0.05, 0.1) is 17.1 Å². The zero-order chi connectivity index (χ0) is 15.6. The molecule has 0 aliphatic rings. The molecule has 2 N–H and O–H groups in total. The van der Waals surface area contributed by atoms with Gasteiger partial charge in [0.15, 0.2) is 0 Å². The van der Waals surface area contributed by atoms with Crippen molar-refractivity contribution in [3.8, 4) is 11.6 Å². The first-order valence-corrected chi connectivity index (χ1v) is 6.57. The number of hydrogen-bond acceptors (Lipinski definition) is 5. The van der Waals surface area contributed by atoms with Crippen LogP contribution >= 0.6 is 0 Å². The van der Waals surface area contributed by atoms with Gasteiger partial charge in [-0.1, -0.05) is 19.9 Å². The standard InChI is InChI=1S/C15H17N3O3/c1-9(2)13-5-4-12(6-10(13)3)21-15-8-11(18(19)20)7-14(16)17-15/h4-9H,1-3H3,(H2,16,17). The molecule has 1 aromatic heterocycles. The number of nitrogens with two attached hydrogens (primary N) is 1. The molecule has 6 heteroatoms. The molecular formula is C15H17N3O3. The van der Waals surface area contributed by atoms with Crippen LogP contribution in [0.15, 0.2) is 30.3 Å². The van der Waals surface area contributed by atoms with Crippen molar-refractivity contribution >= 4 is 11.5 Å². The molecular weight excluding hydrogens is 270 g/mol. The fourth-order valence-corrected chi connectivity index (χ4v) is 2.15. The van der Waals surface area contributed by atoms with E-state index >= 15 is 0 Å². The van der Waals surface area contributed by atoms with Gasteiger partial charge >= 0.3 is 0 Å². The first kappa shape index (κ1) is 14.8. The third kappa shape index (κ3) is 3.47. The summed E-state index contributed by atoms with van der Waals surface area (Å²) in [7, 11) is 0. The molecule has 0 aliphatic carbocycles. The lowest BCUT2D eigenvalue weighted by atomic mass is 9.98. The van der Waals surface area contributed by atoms with Crippen LogP contribution in [0, 0.1) is 17.0 Å². The second kappa shape index (κ2) is 5.78. The van der Waals surface area contributed by atoms with Crippen LogP contribution in [0.4, 0.5) is 11.5 Å². The molecule has 0 unspecified atom stereocenters. The highest BCUT2D eigenvalue weighted by atomic mass is 16.6. The molecule has 1 aromatic carbocycles. The molecule has 2 aromatic rings. The number of nitro groups is 1. The maximum absolute atomic E-state index is 10.8. The molecule has 0 amide bonds. The molecule has 1 heterocycles. The molecule has 0 spiro atoms. The van der Waals surface area contributed by atoms with Crippen LogP contribution in [-0.2, 0) is 0 Å². The molecule has 0 bridgehead atoms. The second-order valence-electron chi connectivity index (χ2n) is 5.12. The minimum atomic E-state index is -0.530. The van der Waals surface area contributed by atoms with E-state index in [1.165, 1.54) is 17.7 Å². The summed E-state index contributed by atoms with van der Waals surface area (Å²) in [6.45, 7) is 6.23. The minimum Gasteiger partial charge on any atom is -0.439 e. The number of aryl methyl sites for hydroxylation is 1. The monoisotopic (exact) mass is 287 g/mol. The lowest BCUT2D eigenvalue weighted by Gasteiger charge is -2.12. The van der Waals surface area contributed by atoms with Gasteiger partial charge in [-0.05, 0) is 36.1 Å². The van der Waals surface area contributed by atoms with Crippen molar-refractivity contribution in [3.05, 3.63) is 51.6 Å². The predicted molar refractivity (Wildman–Crippen MR) is 80.6 cm³/mol. The molecule has 2 rings (SSSR count). The number of benzene rings is 1. The van der Waals surface area contributed by atoms with Gasteiger partial charge in [-0.3, -0.25) is 10.1 Å². The first-order chi connectivity index (χ1) is 9.86. The van der Waals surface area contributed by atoms with Gasteiger partial charge in [-0.15, -0.1) is 0 Å². The van der Waals surface area contributed by atoms with E-state index in [9.17, 15) is 10.1 Å². The minimum absolute atomic E-state index is 0.0507. The number of nitrogens with zero attached hydrogens (tertiary/aromatic N) is 2. The summed E-state index contributed by atoms with van der Waals surface area (Å²) in [4.78, 5) is 14.2. The maximum Gasteiger partial charge on any atom is 0.278 e. The van der Waals surface area contributed by atoms with Crippen molar-refractivity contribution in [2.75, 3.05) is 5.73 Å². The molecule has 0 radical (unpaired) electrons. The van der Waals surface area contributed by atoms with Gasteiger partial charge in [0.25, 0.3) is 5.69 Å². The Morgan fingerprint density at radius 2 is 2.00 bits per heavy atom. The van der Waals surface area contributed by atoms with Crippen molar-refractivity contribution in [2.45, 2.75) is 26.7 Å². The SMILES string of the molecule is Cc1cc(Oc2cc([N+](=O)[O-])cc(N)n2)ccc1C(C)C. The number of pyridine rings is 1. The molecule has 0 aliphatic heterocycles. The Balaban J connectivity index is 2.30. The quantitative estimate of drug-likeness (QED) is 0.682. The van der Waals surface area contributed by atoms with E-state index in [1.807, 2.05) is 25.1 Å². The Labute approximate surface area is 122 Å². The van der Waals surface area contributed by atoms with Crippen LogP contribution in [-0.4, -0.2) is 9.91 Å². The van der Waals surface area contributed by atoms with E-state index in [1.54, 1.807) is 0 Å². The lowest BCUT2D eigenvalue weighted by molar-refractivity contribution is -0.384. The third-order valence-corrected chi connectivity index (χ3v) is 3.10. The van der Waals surface area contributed by atoms with Gasteiger partial charge in [-0.2, -0.15) is 4.98 Å². The van der Waals surface area contributed by atoms with E-state index in [0.717, 1.165) is 5.56 Å². The van der Waals surface area contributed by atoms with Crippen molar-refractivity contribution in [1.82, 2.24) is 4.98 Å². The summed E-state index contributed by atoms with van der Waals surface area (Å²) in [6, 6.07) is 8.13. The average molecular weight is 287 g/mol. The zero-order valence-corrected chi connectivity index (χ0v) is 12.2. The van der Waals surface area contributed by atoms with Crippen molar-refractivity contribution in [3.63, 3.8) is 0 Å². The largest absolute Gasteiger partial charge is 0.439 e. The van der Waals surface area contributed by atoms with Gasteiger partial charge in [0, 0.05) is 0 Å².